The van der Waals surface area contributed by atoms with Gasteiger partial charge in [-0.25, -0.2) is 0 Å². The number of hydrogen-bond acceptors (Lipinski definition) is 2. The Bertz CT molecular complexity index is 622. The highest BCUT2D eigenvalue weighted by atomic mass is 127. The van der Waals surface area contributed by atoms with E-state index in [1.54, 1.807) is 0 Å². The minimum Gasteiger partial charge on any atom is -0.457 e. The van der Waals surface area contributed by atoms with E-state index in [1.165, 1.54) is 0 Å². The summed E-state index contributed by atoms with van der Waals surface area (Å²) in [6.45, 7) is 7.16. The number of hydrogen-bond donors (Lipinski definition) is 1. The molecular formula is C17H19ClINO. The van der Waals surface area contributed by atoms with Crippen LogP contribution in [0.15, 0.2) is 42.5 Å². The fourth-order valence-corrected chi connectivity index (χ4v) is 2.46. The highest BCUT2D eigenvalue weighted by Crippen LogP contribution is 2.29. The molecule has 0 unspecified atom stereocenters. The Morgan fingerprint density at radius 3 is 2.57 bits per heavy atom. The summed E-state index contributed by atoms with van der Waals surface area (Å²) in [7, 11) is 0. The Hall–Kier alpha value is -0.780. The predicted molar refractivity (Wildman–Crippen MR) is 97.3 cm³/mol. The van der Waals surface area contributed by atoms with Gasteiger partial charge in [-0.1, -0.05) is 23.7 Å². The lowest BCUT2D eigenvalue weighted by molar-refractivity contribution is 0.414. The van der Waals surface area contributed by atoms with Crippen LogP contribution in [0.2, 0.25) is 5.02 Å². The molecule has 0 spiro atoms. The summed E-state index contributed by atoms with van der Waals surface area (Å²) >= 11 is 8.37. The molecule has 4 heteroatoms. The minimum atomic E-state index is 0.0546. The SMILES string of the molecule is CC(C)(C)NCc1ccc(Cl)cc1Oc1cccc(I)c1. The molecule has 0 saturated heterocycles. The summed E-state index contributed by atoms with van der Waals surface area (Å²) in [6, 6.07) is 13.7. The smallest absolute Gasteiger partial charge is 0.133 e. The fourth-order valence-electron chi connectivity index (χ4n) is 1.79. The van der Waals surface area contributed by atoms with Crippen molar-refractivity contribution in [2.75, 3.05) is 0 Å². The van der Waals surface area contributed by atoms with Crippen molar-refractivity contribution >= 4 is 34.2 Å². The molecule has 0 aliphatic carbocycles. The van der Waals surface area contributed by atoms with Crippen LogP contribution < -0.4 is 10.1 Å². The first kappa shape index (κ1) is 16.6. The summed E-state index contributed by atoms with van der Waals surface area (Å²) in [6.07, 6.45) is 0. The van der Waals surface area contributed by atoms with Crippen LogP contribution >= 0.6 is 34.2 Å². The van der Waals surface area contributed by atoms with Gasteiger partial charge in [0.1, 0.15) is 11.5 Å². The van der Waals surface area contributed by atoms with Gasteiger partial charge in [0.25, 0.3) is 0 Å². The first-order valence-electron chi connectivity index (χ1n) is 6.80. The molecule has 0 bridgehead atoms. The molecule has 0 amide bonds. The predicted octanol–water partition coefficient (Wildman–Crippen LogP) is 5.63. The van der Waals surface area contributed by atoms with Crippen LogP contribution in [-0.4, -0.2) is 5.54 Å². The van der Waals surface area contributed by atoms with Crippen molar-refractivity contribution in [2.24, 2.45) is 0 Å². The lowest BCUT2D eigenvalue weighted by atomic mass is 10.1. The molecule has 21 heavy (non-hydrogen) atoms. The van der Waals surface area contributed by atoms with E-state index in [9.17, 15) is 0 Å². The van der Waals surface area contributed by atoms with Crippen molar-refractivity contribution in [2.45, 2.75) is 32.9 Å². The van der Waals surface area contributed by atoms with Crippen molar-refractivity contribution in [3.8, 4) is 11.5 Å². The lowest BCUT2D eigenvalue weighted by Crippen LogP contribution is -2.35. The molecule has 1 N–H and O–H groups in total. The maximum absolute atomic E-state index is 6.10. The Morgan fingerprint density at radius 1 is 1.14 bits per heavy atom. The van der Waals surface area contributed by atoms with Gasteiger partial charge in [0, 0.05) is 26.2 Å². The molecule has 0 saturated carbocycles. The molecular weight excluding hydrogens is 397 g/mol. The molecule has 2 rings (SSSR count). The maximum atomic E-state index is 6.10. The van der Waals surface area contributed by atoms with E-state index in [0.29, 0.717) is 5.02 Å². The molecule has 0 heterocycles. The van der Waals surface area contributed by atoms with Crippen LogP contribution in [0.25, 0.3) is 0 Å². The first-order chi connectivity index (χ1) is 9.83. The second kappa shape index (κ2) is 6.99. The maximum Gasteiger partial charge on any atom is 0.133 e. The van der Waals surface area contributed by atoms with Crippen molar-refractivity contribution in [3.05, 3.63) is 56.6 Å². The van der Waals surface area contributed by atoms with Gasteiger partial charge in [0.15, 0.2) is 0 Å². The van der Waals surface area contributed by atoms with E-state index in [-0.39, 0.29) is 5.54 Å². The van der Waals surface area contributed by atoms with E-state index < -0.39 is 0 Å². The largest absolute Gasteiger partial charge is 0.457 e. The molecule has 0 aliphatic heterocycles. The Balaban J connectivity index is 2.23. The van der Waals surface area contributed by atoms with Crippen LogP contribution in [0.3, 0.4) is 0 Å². The van der Waals surface area contributed by atoms with E-state index in [1.807, 2.05) is 42.5 Å². The molecule has 0 aliphatic rings. The summed E-state index contributed by atoms with van der Waals surface area (Å²) < 4.78 is 7.15. The molecule has 2 aromatic carbocycles. The van der Waals surface area contributed by atoms with Crippen molar-refractivity contribution in [3.63, 3.8) is 0 Å². The number of benzene rings is 2. The molecule has 0 atom stereocenters. The van der Waals surface area contributed by atoms with Crippen LogP contribution in [0.4, 0.5) is 0 Å². The third-order valence-corrected chi connectivity index (χ3v) is 3.77. The van der Waals surface area contributed by atoms with Gasteiger partial charge in [-0.2, -0.15) is 0 Å². The monoisotopic (exact) mass is 415 g/mol. The van der Waals surface area contributed by atoms with Crippen LogP contribution in [0, 0.1) is 3.57 Å². The number of nitrogens with one attached hydrogen (secondary N) is 1. The van der Waals surface area contributed by atoms with Crippen LogP contribution in [-0.2, 0) is 6.54 Å². The van der Waals surface area contributed by atoms with Crippen LogP contribution in [0.1, 0.15) is 26.3 Å². The third-order valence-electron chi connectivity index (χ3n) is 2.86. The van der Waals surface area contributed by atoms with Gasteiger partial charge in [-0.15, -0.1) is 0 Å². The standard InChI is InChI=1S/C17H19ClINO/c1-17(2,3)20-11-12-7-8-13(18)9-16(12)21-15-6-4-5-14(19)10-15/h4-10,20H,11H2,1-3H3. The van der Waals surface area contributed by atoms with Gasteiger partial charge in [-0.3, -0.25) is 0 Å². The van der Waals surface area contributed by atoms with Crippen molar-refractivity contribution in [1.29, 1.82) is 0 Å². The molecule has 0 radical (unpaired) electrons. The van der Waals surface area contributed by atoms with E-state index in [0.717, 1.165) is 27.2 Å². The molecule has 2 aromatic rings. The average molecular weight is 416 g/mol. The summed E-state index contributed by atoms with van der Waals surface area (Å²) in [5.41, 5.74) is 1.15. The molecule has 112 valence electrons. The molecule has 2 nitrogen and oxygen atoms in total. The second-order valence-corrected chi connectivity index (χ2v) is 7.60. The quantitative estimate of drug-likeness (QED) is 0.654. The van der Waals surface area contributed by atoms with E-state index in [2.05, 4.69) is 48.7 Å². The van der Waals surface area contributed by atoms with E-state index >= 15 is 0 Å². The van der Waals surface area contributed by atoms with Crippen molar-refractivity contribution < 1.29 is 4.74 Å². The van der Waals surface area contributed by atoms with Gasteiger partial charge in [0.05, 0.1) is 0 Å². The van der Waals surface area contributed by atoms with Crippen molar-refractivity contribution in [1.82, 2.24) is 5.32 Å². The topological polar surface area (TPSA) is 21.3 Å². The Morgan fingerprint density at radius 2 is 1.90 bits per heavy atom. The zero-order chi connectivity index (χ0) is 15.5. The highest BCUT2D eigenvalue weighted by molar-refractivity contribution is 14.1. The Labute approximate surface area is 145 Å². The minimum absolute atomic E-state index is 0.0546. The van der Waals surface area contributed by atoms with Gasteiger partial charge < -0.3 is 10.1 Å². The number of halogens is 2. The summed E-state index contributed by atoms with van der Waals surface area (Å²) in [5.74, 6) is 1.61. The summed E-state index contributed by atoms with van der Waals surface area (Å²) in [5, 5.41) is 4.15. The molecule has 0 fully saturated rings. The fraction of sp³-hybridized carbons (Fsp3) is 0.294. The third kappa shape index (κ3) is 5.49. The van der Waals surface area contributed by atoms with Crippen LogP contribution in [0.5, 0.6) is 11.5 Å². The normalized spacial score (nSPS) is 11.5. The number of rotatable bonds is 4. The summed E-state index contributed by atoms with van der Waals surface area (Å²) in [4.78, 5) is 0. The first-order valence-corrected chi connectivity index (χ1v) is 8.26. The van der Waals surface area contributed by atoms with E-state index in [4.69, 9.17) is 16.3 Å². The Kier molecular flexibility index (Phi) is 5.52. The lowest BCUT2D eigenvalue weighted by Gasteiger charge is -2.21. The highest BCUT2D eigenvalue weighted by Gasteiger charge is 2.12. The molecule has 0 aromatic heterocycles. The zero-order valence-corrected chi connectivity index (χ0v) is 15.3. The van der Waals surface area contributed by atoms with Gasteiger partial charge in [-0.05, 0) is 73.7 Å². The second-order valence-electron chi connectivity index (χ2n) is 5.92. The average Bonchev–Trinajstić information content (AvgIpc) is 2.36. The zero-order valence-electron chi connectivity index (χ0n) is 12.4. The van der Waals surface area contributed by atoms with Gasteiger partial charge in [0.2, 0.25) is 0 Å². The van der Waals surface area contributed by atoms with Gasteiger partial charge >= 0.3 is 0 Å². The number of ether oxygens (including phenoxy) is 1.